The Labute approximate surface area is 120 Å². The van der Waals surface area contributed by atoms with E-state index in [1.807, 2.05) is 30.3 Å². The molecular weight excluding hydrogens is 254 g/mol. The highest BCUT2D eigenvalue weighted by Crippen LogP contribution is 2.24. The van der Waals surface area contributed by atoms with Crippen molar-refractivity contribution in [1.82, 2.24) is 4.90 Å². The third-order valence-electron chi connectivity index (χ3n) is 2.57. The van der Waals surface area contributed by atoms with E-state index >= 15 is 0 Å². The van der Waals surface area contributed by atoms with Gasteiger partial charge in [-0.1, -0.05) is 36.4 Å². The second kappa shape index (κ2) is 6.37. The summed E-state index contributed by atoms with van der Waals surface area (Å²) in [6.45, 7) is 10.3. The zero-order chi connectivity index (χ0) is 15.3. The van der Waals surface area contributed by atoms with Gasteiger partial charge in [0.05, 0.1) is 6.04 Å². The maximum Gasteiger partial charge on any atom is 0.417 e. The Bertz CT molecular complexity index is 488. The van der Waals surface area contributed by atoms with E-state index in [0.29, 0.717) is 0 Å². The highest BCUT2D eigenvalue weighted by molar-refractivity contribution is 5.91. The molecule has 0 aliphatic rings. The average Bonchev–Trinajstić information content (AvgIpc) is 2.33. The minimum absolute atomic E-state index is 0.381. The van der Waals surface area contributed by atoms with E-state index in [0.717, 1.165) is 10.5 Å². The molecule has 1 atom stereocenters. The molecule has 0 aliphatic carbocycles. The molecule has 0 N–H and O–H groups in total. The Morgan fingerprint density at radius 1 is 1.25 bits per heavy atom. The first-order valence-electron chi connectivity index (χ1n) is 6.46. The number of hydrogen-bond acceptors (Lipinski definition) is 3. The summed E-state index contributed by atoms with van der Waals surface area (Å²) in [6.07, 6.45) is 0.888. The summed E-state index contributed by atoms with van der Waals surface area (Å²) in [4.78, 5) is 25.1. The van der Waals surface area contributed by atoms with Gasteiger partial charge in [-0.25, -0.2) is 9.69 Å². The predicted octanol–water partition coefficient (Wildman–Crippen LogP) is 3.70. The molecule has 2 amide bonds. The number of carbonyl (C=O) groups is 2. The molecule has 0 radical (unpaired) electrons. The molecule has 1 aromatic rings. The molecule has 0 bridgehead atoms. The summed E-state index contributed by atoms with van der Waals surface area (Å²) >= 11 is 0. The van der Waals surface area contributed by atoms with Gasteiger partial charge in [-0.15, -0.1) is 6.58 Å². The number of nitrogens with zero attached hydrogens (tertiary/aromatic N) is 1. The maximum absolute atomic E-state index is 12.2. The Morgan fingerprint density at radius 2 is 1.80 bits per heavy atom. The van der Waals surface area contributed by atoms with Crippen LogP contribution in [-0.4, -0.2) is 22.5 Å². The van der Waals surface area contributed by atoms with Crippen LogP contribution in [0.3, 0.4) is 0 Å². The topological polar surface area (TPSA) is 46.6 Å². The van der Waals surface area contributed by atoms with Crippen LogP contribution in [0.25, 0.3) is 0 Å². The molecule has 4 nitrogen and oxygen atoms in total. The Hall–Kier alpha value is -2.10. The Kier molecular flexibility index (Phi) is 5.08. The second-order valence-electron chi connectivity index (χ2n) is 5.46. The van der Waals surface area contributed by atoms with Crippen LogP contribution in [0.2, 0.25) is 0 Å². The fraction of sp³-hybridized carbons (Fsp3) is 0.375. The zero-order valence-electron chi connectivity index (χ0n) is 12.4. The van der Waals surface area contributed by atoms with Gasteiger partial charge in [0, 0.05) is 6.92 Å². The standard InChI is InChI=1S/C16H21NO3/c1-6-14(13-10-8-7-9-11-13)17(12(2)18)15(19)20-16(3,4)5/h6-11,14H,1H2,2-5H3/t14-/m0/s1. The van der Waals surface area contributed by atoms with Crippen LogP contribution in [0.4, 0.5) is 4.79 Å². The van der Waals surface area contributed by atoms with Crippen molar-refractivity contribution in [3.8, 4) is 0 Å². The summed E-state index contributed by atoms with van der Waals surface area (Å²) in [5.41, 5.74) is 0.149. The van der Waals surface area contributed by atoms with E-state index in [1.54, 1.807) is 26.8 Å². The highest BCUT2D eigenvalue weighted by atomic mass is 16.6. The number of rotatable bonds is 3. The molecule has 20 heavy (non-hydrogen) atoms. The van der Waals surface area contributed by atoms with Crippen molar-refractivity contribution in [2.75, 3.05) is 0 Å². The molecule has 0 saturated heterocycles. The minimum atomic E-state index is -0.668. The molecule has 108 valence electrons. The molecule has 0 saturated carbocycles. The molecule has 1 rings (SSSR count). The van der Waals surface area contributed by atoms with Gasteiger partial charge >= 0.3 is 6.09 Å². The molecule has 0 unspecified atom stereocenters. The van der Waals surface area contributed by atoms with E-state index in [4.69, 9.17) is 4.74 Å². The smallest absolute Gasteiger partial charge is 0.417 e. The van der Waals surface area contributed by atoms with Crippen molar-refractivity contribution in [3.63, 3.8) is 0 Å². The van der Waals surface area contributed by atoms with Gasteiger partial charge in [0.2, 0.25) is 5.91 Å². The Balaban J connectivity index is 3.09. The zero-order valence-corrected chi connectivity index (χ0v) is 12.4. The van der Waals surface area contributed by atoms with Gasteiger partial charge in [0.1, 0.15) is 5.60 Å². The molecule has 4 heteroatoms. The average molecular weight is 275 g/mol. The predicted molar refractivity (Wildman–Crippen MR) is 78.1 cm³/mol. The quantitative estimate of drug-likeness (QED) is 0.790. The first-order chi connectivity index (χ1) is 9.26. The summed E-state index contributed by atoms with van der Waals surface area (Å²) in [7, 11) is 0. The normalized spacial score (nSPS) is 12.4. The lowest BCUT2D eigenvalue weighted by atomic mass is 10.1. The summed E-state index contributed by atoms with van der Waals surface area (Å²) in [6, 6.07) is 8.70. The molecule has 0 spiro atoms. The van der Waals surface area contributed by atoms with Crippen molar-refractivity contribution < 1.29 is 14.3 Å². The van der Waals surface area contributed by atoms with Crippen LogP contribution in [0.15, 0.2) is 43.0 Å². The van der Waals surface area contributed by atoms with E-state index < -0.39 is 17.7 Å². The molecule has 1 aromatic carbocycles. The third kappa shape index (κ3) is 4.23. The van der Waals surface area contributed by atoms with Crippen molar-refractivity contribution >= 4 is 12.0 Å². The van der Waals surface area contributed by atoms with E-state index in [2.05, 4.69) is 6.58 Å². The number of ether oxygens (including phenoxy) is 1. The van der Waals surface area contributed by atoms with Gasteiger partial charge in [-0.05, 0) is 26.3 Å². The molecule has 0 aromatic heterocycles. The van der Waals surface area contributed by atoms with Crippen LogP contribution < -0.4 is 0 Å². The number of benzene rings is 1. The van der Waals surface area contributed by atoms with Crippen molar-refractivity contribution in [3.05, 3.63) is 48.6 Å². The number of carbonyl (C=O) groups excluding carboxylic acids is 2. The summed E-state index contributed by atoms with van der Waals surface area (Å²) < 4.78 is 5.28. The molecular formula is C16H21NO3. The third-order valence-corrected chi connectivity index (χ3v) is 2.57. The minimum Gasteiger partial charge on any atom is -0.443 e. The van der Waals surface area contributed by atoms with Gasteiger partial charge in [0.15, 0.2) is 0 Å². The number of amides is 2. The fourth-order valence-electron chi connectivity index (χ4n) is 1.79. The maximum atomic E-state index is 12.2. The molecule has 0 heterocycles. The first kappa shape index (κ1) is 16.0. The van der Waals surface area contributed by atoms with Crippen LogP contribution >= 0.6 is 0 Å². The monoisotopic (exact) mass is 275 g/mol. The largest absolute Gasteiger partial charge is 0.443 e. The van der Waals surface area contributed by atoms with Crippen molar-refractivity contribution in [1.29, 1.82) is 0 Å². The van der Waals surface area contributed by atoms with Crippen LogP contribution in [0.5, 0.6) is 0 Å². The van der Waals surface area contributed by atoms with Crippen LogP contribution in [-0.2, 0) is 9.53 Å². The second-order valence-corrected chi connectivity index (χ2v) is 5.46. The lowest BCUT2D eigenvalue weighted by molar-refractivity contribution is -0.129. The number of imide groups is 1. The fourth-order valence-corrected chi connectivity index (χ4v) is 1.79. The summed E-state index contributed by atoms with van der Waals surface area (Å²) in [5.74, 6) is -0.381. The summed E-state index contributed by atoms with van der Waals surface area (Å²) in [5, 5.41) is 0. The van der Waals surface area contributed by atoms with Gasteiger partial charge in [-0.2, -0.15) is 0 Å². The van der Waals surface area contributed by atoms with Crippen LogP contribution in [0.1, 0.15) is 39.3 Å². The van der Waals surface area contributed by atoms with E-state index in [1.165, 1.54) is 6.92 Å². The lowest BCUT2D eigenvalue weighted by Gasteiger charge is -2.30. The van der Waals surface area contributed by atoms with Crippen molar-refractivity contribution in [2.24, 2.45) is 0 Å². The van der Waals surface area contributed by atoms with E-state index in [-0.39, 0.29) is 5.91 Å². The number of hydrogen-bond donors (Lipinski definition) is 0. The van der Waals surface area contributed by atoms with Gasteiger partial charge in [0.25, 0.3) is 0 Å². The molecule has 0 aliphatic heterocycles. The Morgan fingerprint density at radius 3 is 2.20 bits per heavy atom. The van der Waals surface area contributed by atoms with Gasteiger partial charge in [-0.3, -0.25) is 4.79 Å². The van der Waals surface area contributed by atoms with Crippen molar-refractivity contribution in [2.45, 2.75) is 39.3 Å². The SMILES string of the molecule is C=C[C@@H](c1ccccc1)N(C(C)=O)C(=O)OC(C)(C)C. The highest BCUT2D eigenvalue weighted by Gasteiger charge is 2.30. The van der Waals surface area contributed by atoms with Gasteiger partial charge < -0.3 is 4.74 Å². The van der Waals surface area contributed by atoms with Crippen LogP contribution in [0, 0.1) is 0 Å². The molecule has 0 fully saturated rings. The lowest BCUT2D eigenvalue weighted by Crippen LogP contribution is -2.41. The van der Waals surface area contributed by atoms with E-state index in [9.17, 15) is 9.59 Å². The first-order valence-corrected chi connectivity index (χ1v) is 6.46.